The van der Waals surface area contributed by atoms with Gasteiger partial charge in [-0.05, 0) is 91.3 Å². The second kappa shape index (κ2) is 6.33. The Bertz CT molecular complexity index is 593. The predicted octanol–water partition coefficient (Wildman–Crippen LogP) is 6.21. The standard InChI is InChI=1S/C25H40O2/c1-5-6-18-8-10-21-20-9-7-19-16-25(26-13-14-27-25)15-17(2)24(19,4)22(20)11-12-23(18,21)3/h5,17-22H,1,6-16H2,2-4H3/t17-,18-,19-,20-,21-,22-,23+,24-/m0/s1. The topological polar surface area (TPSA) is 18.5 Å². The van der Waals surface area contributed by atoms with Gasteiger partial charge in [0.25, 0.3) is 0 Å². The maximum Gasteiger partial charge on any atom is 0.169 e. The summed E-state index contributed by atoms with van der Waals surface area (Å²) < 4.78 is 12.4. The maximum atomic E-state index is 6.18. The molecule has 4 aliphatic carbocycles. The van der Waals surface area contributed by atoms with Crippen molar-refractivity contribution in [2.45, 2.75) is 84.3 Å². The molecule has 0 amide bonds. The van der Waals surface area contributed by atoms with E-state index < -0.39 is 0 Å². The van der Waals surface area contributed by atoms with Crippen molar-refractivity contribution in [3.05, 3.63) is 12.7 Å². The highest BCUT2D eigenvalue weighted by Crippen LogP contribution is 2.69. The summed E-state index contributed by atoms with van der Waals surface area (Å²) in [6.07, 6.45) is 14.4. The van der Waals surface area contributed by atoms with Crippen molar-refractivity contribution in [2.75, 3.05) is 13.2 Å². The number of hydrogen-bond acceptors (Lipinski definition) is 2. The first-order valence-electron chi connectivity index (χ1n) is 11.8. The molecule has 0 N–H and O–H groups in total. The van der Waals surface area contributed by atoms with Crippen molar-refractivity contribution >= 4 is 0 Å². The van der Waals surface area contributed by atoms with Crippen LogP contribution in [0.1, 0.15) is 78.6 Å². The lowest BCUT2D eigenvalue weighted by Gasteiger charge is -2.64. The molecule has 1 heterocycles. The van der Waals surface area contributed by atoms with Crippen LogP contribution in [0.4, 0.5) is 0 Å². The fourth-order valence-corrected chi connectivity index (χ4v) is 9.13. The molecular weight excluding hydrogens is 332 g/mol. The molecule has 0 aromatic rings. The van der Waals surface area contributed by atoms with Gasteiger partial charge < -0.3 is 9.47 Å². The third-order valence-corrected chi connectivity index (χ3v) is 10.7. The van der Waals surface area contributed by atoms with Crippen LogP contribution in [0.15, 0.2) is 12.7 Å². The monoisotopic (exact) mass is 372 g/mol. The van der Waals surface area contributed by atoms with Crippen LogP contribution in [0.5, 0.6) is 0 Å². The van der Waals surface area contributed by atoms with Crippen LogP contribution >= 0.6 is 0 Å². The summed E-state index contributed by atoms with van der Waals surface area (Å²) in [4.78, 5) is 0. The lowest BCUT2D eigenvalue weighted by Crippen LogP contribution is -2.59. The summed E-state index contributed by atoms with van der Waals surface area (Å²) >= 11 is 0. The smallest absolute Gasteiger partial charge is 0.169 e. The highest BCUT2D eigenvalue weighted by atomic mass is 16.7. The third kappa shape index (κ3) is 2.51. The Balaban J connectivity index is 1.42. The van der Waals surface area contributed by atoms with E-state index in [0.29, 0.717) is 16.7 Å². The van der Waals surface area contributed by atoms with E-state index in [1.54, 1.807) is 0 Å². The fourth-order valence-electron chi connectivity index (χ4n) is 9.13. The highest BCUT2D eigenvalue weighted by molar-refractivity contribution is 5.11. The first kappa shape index (κ1) is 18.7. The minimum absolute atomic E-state index is 0.234. The van der Waals surface area contributed by atoms with Crippen molar-refractivity contribution in [2.24, 2.45) is 46.3 Å². The summed E-state index contributed by atoms with van der Waals surface area (Å²) in [7, 11) is 0. The Morgan fingerprint density at radius 1 is 0.963 bits per heavy atom. The van der Waals surface area contributed by atoms with Gasteiger partial charge in [0.2, 0.25) is 0 Å². The summed E-state index contributed by atoms with van der Waals surface area (Å²) in [5.74, 6) is 4.99. The zero-order chi connectivity index (χ0) is 18.9. The van der Waals surface area contributed by atoms with Gasteiger partial charge in [-0.3, -0.25) is 0 Å². The first-order valence-corrected chi connectivity index (χ1v) is 11.8. The van der Waals surface area contributed by atoms with Crippen LogP contribution in [0.25, 0.3) is 0 Å². The molecule has 0 aromatic heterocycles. The number of allylic oxidation sites excluding steroid dienone is 1. The van der Waals surface area contributed by atoms with E-state index in [1.807, 2.05) is 0 Å². The molecule has 0 unspecified atom stereocenters. The Kier molecular flexibility index (Phi) is 4.38. The van der Waals surface area contributed by atoms with Crippen molar-refractivity contribution in [3.63, 3.8) is 0 Å². The van der Waals surface area contributed by atoms with Gasteiger partial charge in [-0.15, -0.1) is 6.58 Å². The van der Waals surface area contributed by atoms with E-state index in [0.717, 1.165) is 55.6 Å². The molecule has 1 saturated heterocycles. The summed E-state index contributed by atoms with van der Waals surface area (Å²) in [6.45, 7) is 13.5. The molecular formula is C25H40O2. The molecule has 4 saturated carbocycles. The first-order chi connectivity index (χ1) is 12.9. The fraction of sp³-hybridized carbons (Fsp3) is 0.920. The molecule has 27 heavy (non-hydrogen) atoms. The minimum atomic E-state index is -0.234. The van der Waals surface area contributed by atoms with E-state index in [1.165, 1.54) is 44.9 Å². The van der Waals surface area contributed by atoms with Gasteiger partial charge in [0.1, 0.15) is 0 Å². The summed E-state index contributed by atoms with van der Waals surface area (Å²) in [5, 5.41) is 0. The van der Waals surface area contributed by atoms with E-state index in [-0.39, 0.29) is 5.79 Å². The Morgan fingerprint density at radius 2 is 1.74 bits per heavy atom. The van der Waals surface area contributed by atoms with E-state index in [9.17, 15) is 0 Å². The van der Waals surface area contributed by atoms with E-state index >= 15 is 0 Å². The van der Waals surface area contributed by atoms with E-state index in [4.69, 9.17) is 9.47 Å². The lowest BCUT2D eigenvalue weighted by molar-refractivity contribution is -0.248. The quantitative estimate of drug-likeness (QED) is 0.536. The second-order valence-corrected chi connectivity index (χ2v) is 11.3. The Labute approximate surface area is 166 Å². The van der Waals surface area contributed by atoms with E-state index in [2.05, 4.69) is 33.4 Å². The van der Waals surface area contributed by atoms with Gasteiger partial charge >= 0.3 is 0 Å². The summed E-state index contributed by atoms with van der Waals surface area (Å²) in [6, 6.07) is 0. The molecule has 0 bridgehead atoms. The van der Waals surface area contributed by atoms with Gasteiger partial charge in [-0.1, -0.05) is 26.8 Å². The molecule has 1 aliphatic heterocycles. The number of hydrogen-bond donors (Lipinski definition) is 0. The lowest BCUT2D eigenvalue weighted by atomic mass is 9.42. The molecule has 0 aromatic carbocycles. The molecule has 2 heteroatoms. The largest absolute Gasteiger partial charge is 0.348 e. The van der Waals surface area contributed by atoms with Crippen LogP contribution in [0.3, 0.4) is 0 Å². The highest BCUT2D eigenvalue weighted by Gasteiger charge is 2.63. The van der Waals surface area contributed by atoms with Crippen LogP contribution in [-0.2, 0) is 9.47 Å². The molecule has 8 atom stereocenters. The van der Waals surface area contributed by atoms with Gasteiger partial charge in [-0.2, -0.15) is 0 Å². The third-order valence-electron chi connectivity index (χ3n) is 10.7. The predicted molar refractivity (Wildman–Crippen MR) is 109 cm³/mol. The molecule has 5 fully saturated rings. The van der Waals surface area contributed by atoms with Gasteiger partial charge in [0, 0.05) is 12.8 Å². The van der Waals surface area contributed by atoms with Crippen molar-refractivity contribution in [1.82, 2.24) is 0 Å². The zero-order valence-electron chi connectivity index (χ0n) is 17.8. The van der Waals surface area contributed by atoms with Gasteiger partial charge in [-0.25, -0.2) is 0 Å². The Morgan fingerprint density at radius 3 is 2.48 bits per heavy atom. The van der Waals surface area contributed by atoms with Crippen LogP contribution in [0, 0.1) is 46.3 Å². The molecule has 5 rings (SSSR count). The number of rotatable bonds is 2. The van der Waals surface area contributed by atoms with Crippen molar-refractivity contribution in [1.29, 1.82) is 0 Å². The minimum Gasteiger partial charge on any atom is -0.348 e. The van der Waals surface area contributed by atoms with Gasteiger partial charge in [0.05, 0.1) is 13.2 Å². The molecule has 152 valence electrons. The van der Waals surface area contributed by atoms with Crippen molar-refractivity contribution < 1.29 is 9.47 Å². The molecule has 0 radical (unpaired) electrons. The second-order valence-electron chi connectivity index (χ2n) is 11.3. The number of fused-ring (bicyclic) bond motifs is 5. The molecule has 2 nitrogen and oxygen atoms in total. The SMILES string of the molecule is C=CC[C@H]1CC[C@H]2[C@@H]3CC[C@H]4CC5(C[C@H](C)[C@]4(C)[C@H]3CC[C@]12C)OCCO5. The maximum absolute atomic E-state index is 6.18. The van der Waals surface area contributed by atoms with Crippen LogP contribution in [0.2, 0.25) is 0 Å². The van der Waals surface area contributed by atoms with Crippen molar-refractivity contribution in [3.8, 4) is 0 Å². The molecule has 5 aliphatic rings. The van der Waals surface area contributed by atoms with Crippen LogP contribution in [-0.4, -0.2) is 19.0 Å². The Hall–Kier alpha value is -0.340. The zero-order valence-corrected chi connectivity index (χ0v) is 17.8. The average molecular weight is 373 g/mol. The molecule has 1 spiro atoms. The summed E-state index contributed by atoms with van der Waals surface area (Å²) in [5.41, 5.74) is 1.07. The normalized spacial score (nSPS) is 53.6. The number of ether oxygens (including phenoxy) is 2. The van der Waals surface area contributed by atoms with Crippen LogP contribution < -0.4 is 0 Å². The average Bonchev–Trinajstić information content (AvgIpc) is 3.22. The van der Waals surface area contributed by atoms with Gasteiger partial charge in [0.15, 0.2) is 5.79 Å².